The van der Waals surface area contributed by atoms with Gasteiger partial charge in [0.2, 0.25) is 6.79 Å². The van der Waals surface area contributed by atoms with Crippen LogP contribution in [0.15, 0.2) is 28.7 Å². The van der Waals surface area contributed by atoms with E-state index in [-0.39, 0.29) is 12.6 Å². The first-order valence-corrected chi connectivity index (χ1v) is 10.3. The number of thiazole rings is 1. The molecule has 3 aromatic rings. The molecular weight excluding hydrogens is 412 g/mol. The number of rotatable bonds is 8. The van der Waals surface area contributed by atoms with Gasteiger partial charge in [0.15, 0.2) is 22.4 Å². The smallest absolute Gasteiger partial charge is 0.433 e. The first-order chi connectivity index (χ1) is 14.5. The van der Waals surface area contributed by atoms with E-state index >= 15 is 0 Å². The fourth-order valence-corrected chi connectivity index (χ4v) is 4.16. The van der Waals surface area contributed by atoms with Crippen LogP contribution in [0, 0.1) is 10.1 Å². The second kappa shape index (κ2) is 8.28. The first kappa shape index (κ1) is 20.1. The van der Waals surface area contributed by atoms with Gasteiger partial charge in [-0.2, -0.15) is 0 Å². The fraction of sp³-hybridized carbons (Fsp3) is 0.368. The number of ether oxygens (including phenoxy) is 2. The molecule has 3 heterocycles. The van der Waals surface area contributed by atoms with Crippen molar-refractivity contribution in [1.82, 2.24) is 9.88 Å². The van der Waals surface area contributed by atoms with E-state index < -0.39 is 16.7 Å². The molecule has 0 unspecified atom stereocenters. The van der Waals surface area contributed by atoms with Crippen LogP contribution < -0.4 is 14.4 Å². The highest BCUT2D eigenvalue weighted by Gasteiger charge is 2.27. The molecular formula is C19H20N4O6S. The number of benzene rings is 1. The predicted octanol–water partition coefficient (Wildman–Crippen LogP) is 3.51. The standard InChI is InChI=1S/C19H20N4O6S/c1-3-21(4-2)7-8-22(18(24)13-5-6-17(29-13)23(25)26)19-20-12-9-14-15(28-11-27-14)10-16(12)30-19/h5-6,9-10H,3-4,7-8,11H2,1-2H3. The molecule has 0 saturated carbocycles. The number of carbonyl (C=O) groups excluding carboxylic acids is 1. The van der Waals surface area contributed by atoms with E-state index in [2.05, 4.69) is 9.88 Å². The molecule has 0 spiro atoms. The Morgan fingerprint density at radius 1 is 1.20 bits per heavy atom. The zero-order valence-electron chi connectivity index (χ0n) is 16.5. The third kappa shape index (κ3) is 3.81. The normalized spacial score (nSPS) is 12.6. The lowest BCUT2D eigenvalue weighted by Gasteiger charge is -2.23. The van der Waals surface area contributed by atoms with Crippen LogP contribution in [0.5, 0.6) is 11.5 Å². The average molecular weight is 432 g/mol. The maximum atomic E-state index is 13.2. The van der Waals surface area contributed by atoms with Crippen LogP contribution >= 0.6 is 11.3 Å². The molecule has 0 N–H and O–H groups in total. The molecule has 1 amide bonds. The number of nitrogens with zero attached hydrogens (tertiary/aromatic N) is 4. The van der Waals surface area contributed by atoms with E-state index in [0.29, 0.717) is 35.2 Å². The number of fused-ring (bicyclic) bond motifs is 2. The van der Waals surface area contributed by atoms with E-state index in [4.69, 9.17) is 13.9 Å². The van der Waals surface area contributed by atoms with Gasteiger partial charge in [0.1, 0.15) is 4.92 Å². The number of nitro groups is 1. The molecule has 0 aliphatic carbocycles. The minimum atomic E-state index is -0.670. The van der Waals surface area contributed by atoms with E-state index in [1.807, 2.05) is 19.9 Å². The molecule has 10 nitrogen and oxygen atoms in total. The molecule has 158 valence electrons. The summed E-state index contributed by atoms with van der Waals surface area (Å²) in [5, 5.41) is 11.4. The van der Waals surface area contributed by atoms with Gasteiger partial charge in [0, 0.05) is 25.2 Å². The number of carbonyl (C=O) groups is 1. The lowest BCUT2D eigenvalue weighted by Crippen LogP contribution is -2.38. The Labute approximate surface area is 175 Å². The number of hydrogen-bond acceptors (Lipinski definition) is 9. The molecule has 0 radical (unpaired) electrons. The summed E-state index contributed by atoms with van der Waals surface area (Å²) in [6.07, 6.45) is 0. The van der Waals surface area contributed by atoms with Gasteiger partial charge in [-0.3, -0.25) is 19.8 Å². The number of hydrogen-bond donors (Lipinski definition) is 0. The molecule has 30 heavy (non-hydrogen) atoms. The third-order valence-electron chi connectivity index (χ3n) is 4.86. The van der Waals surface area contributed by atoms with Crippen LogP contribution in [0.2, 0.25) is 0 Å². The third-order valence-corrected chi connectivity index (χ3v) is 5.91. The Bertz CT molecular complexity index is 1050. The van der Waals surface area contributed by atoms with Gasteiger partial charge < -0.3 is 18.8 Å². The van der Waals surface area contributed by atoms with Gasteiger partial charge in [-0.25, -0.2) is 4.98 Å². The van der Waals surface area contributed by atoms with Gasteiger partial charge in [0.05, 0.1) is 16.3 Å². The van der Waals surface area contributed by atoms with Crippen LogP contribution in [0.3, 0.4) is 0 Å². The summed E-state index contributed by atoms with van der Waals surface area (Å²) in [6, 6.07) is 6.11. The molecule has 0 bridgehead atoms. The van der Waals surface area contributed by atoms with Crippen molar-refractivity contribution >= 4 is 38.5 Å². The Hall–Kier alpha value is -3.18. The number of likely N-dealkylation sites (N-methyl/N-ethyl adjacent to an activating group) is 1. The van der Waals surface area contributed by atoms with Gasteiger partial charge >= 0.3 is 5.88 Å². The van der Waals surface area contributed by atoms with Crippen LogP contribution in [0.1, 0.15) is 24.4 Å². The second-order valence-corrected chi connectivity index (χ2v) is 7.56. The Morgan fingerprint density at radius 3 is 2.60 bits per heavy atom. The van der Waals surface area contributed by atoms with Gasteiger partial charge in [-0.1, -0.05) is 25.2 Å². The monoisotopic (exact) mass is 432 g/mol. The topological polar surface area (TPSA) is 111 Å². The lowest BCUT2D eigenvalue weighted by atomic mass is 10.3. The van der Waals surface area contributed by atoms with Gasteiger partial charge in [0.25, 0.3) is 5.91 Å². The minimum absolute atomic E-state index is 0.102. The molecule has 11 heteroatoms. The molecule has 1 aliphatic rings. The van der Waals surface area contributed by atoms with Crippen molar-refractivity contribution in [3.8, 4) is 11.5 Å². The Balaban J connectivity index is 1.67. The lowest BCUT2D eigenvalue weighted by molar-refractivity contribution is -0.402. The van der Waals surface area contributed by atoms with E-state index in [1.54, 1.807) is 6.07 Å². The fourth-order valence-electron chi connectivity index (χ4n) is 3.16. The molecule has 0 atom stereocenters. The average Bonchev–Trinajstić information content (AvgIpc) is 3.47. The summed E-state index contributed by atoms with van der Waals surface area (Å²) < 4.78 is 16.8. The molecule has 0 saturated heterocycles. The Morgan fingerprint density at radius 2 is 1.93 bits per heavy atom. The summed E-state index contributed by atoms with van der Waals surface area (Å²) >= 11 is 1.34. The first-order valence-electron chi connectivity index (χ1n) is 9.48. The van der Waals surface area contributed by atoms with Crippen molar-refractivity contribution in [2.24, 2.45) is 0 Å². The summed E-state index contributed by atoms with van der Waals surface area (Å²) in [5.74, 6) is 0.198. The zero-order valence-corrected chi connectivity index (χ0v) is 17.3. The Kier molecular flexibility index (Phi) is 5.55. The quantitative estimate of drug-likeness (QED) is 0.393. The molecule has 1 aliphatic heterocycles. The van der Waals surface area contributed by atoms with Crippen molar-refractivity contribution in [3.63, 3.8) is 0 Å². The maximum absolute atomic E-state index is 13.2. The van der Waals surface area contributed by atoms with Gasteiger partial charge in [-0.05, 0) is 19.2 Å². The summed E-state index contributed by atoms with van der Waals surface area (Å²) in [4.78, 5) is 31.7. The summed E-state index contributed by atoms with van der Waals surface area (Å²) in [6.45, 7) is 6.93. The number of furan rings is 1. The summed E-state index contributed by atoms with van der Waals surface area (Å²) in [5.41, 5.74) is 0.685. The van der Waals surface area contributed by atoms with Gasteiger partial charge in [-0.15, -0.1) is 0 Å². The highest BCUT2D eigenvalue weighted by Crippen LogP contribution is 2.40. The van der Waals surface area contributed by atoms with E-state index in [9.17, 15) is 14.9 Å². The zero-order chi connectivity index (χ0) is 21.3. The van der Waals surface area contributed by atoms with E-state index in [1.165, 1.54) is 28.4 Å². The minimum Gasteiger partial charge on any atom is -0.454 e. The van der Waals surface area contributed by atoms with Crippen molar-refractivity contribution in [3.05, 3.63) is 40.1 Å². The van der Waals surface area contributed by atoms with Crippen molar-refractivity contribution in [1.29, 1.82) is 0 Å². The number of amides is 1. The van der Waals surface area contributed by atoms with Crippen molar-refractivity contribution in [2.45, 2.75) is 13.8 Å². The number of aromatic nitrogens is 1. The highest BCUT2D eigenvalue weighted by molar-refractivity contribution is 7.22. The molecule has 0 fully saturated rings. The van der Waals surface area contributed by atoms with Crippen LogP contribution in [0.25, 0.3) is 10.2 Å². The van der Waals surface area contributed by atoms with Crippen LogP contribution in [-0.2, 0) is 0 Å². The second-order valence-electron chi connectivity index (χ2n) is 6.55. The molecule has 1 aromatic carbocycles. The largest absolute Gasteiger partial charge is 0.454 e. The van der Waals surface area contributed by atoms with Crippen LogP contribution in [0.4, 0.5) is 11.0 Å². The number of anilines is 1. The SMILES string of the molecule is CCN(CC)CCN(C(=O)c1ccc([N+](=O)[O-])o1)c1nc2cc3c(cc2s1)OCO3. The highest BCUT2D eigenvalue weighted by atomic mass is 32.1. The van der Waals surface area contributed by atoms with Crippen molar-refractivity contribution in [2.75, 3.05) is 37.9 Å². The predicted molar refractivity (Wildman–Crippen MR) is 111 cm³/mol. The molecule has 2 aromatic heterocycles. The molecule has 4 rings (SSSR count). The van der Waals surface area contributed by atoms with E-state index in [0.717, 1.165) is 17.8 Å². The van der Waals surface area contributed by atoms with Crippen molar-refractivity contribution < 1.29 is 23.6 Å². The summed E-state index contributed by atoms with van der Waals surface area (Å²) in [7, 11) is 0. The maximum Gasteiger partial charge on any atom is 0.433 e. The van der Waals surface area contributed by atoms with Crippen LogP contribution in [-0.4, -0.2) is 53.7 Å².